The van der Waals surface area contributed by atoms with Crippen molar-refractivity contribution in [2.24, 2.45) is 0 Å². The Bertz CT molecular complexity index is 198. The van der Waals surface area contributed by atoms with Crippen LogP contribution in [0.5, 0.6) is 0 Å². The van der Waals surface area contributed by atoms with E-state index in [1.165, 1.54) is 0 Å². The van der Waals surface area contributed by atoms with Crippen LogP contribution in [0.3, 0.4) is 0 Å². The van der Waals surface area contributed by atoms with Crippen molar-refractivity contribution < 1.29 is 8.78 Å². The van der Waals surface area contributed by atoms with Crippen molar-refractivity contribution in [2.45, 2.75) is 24.8 Å². The number of rotatable bonds is 2. The van der Waals surface area contributed by atoms with Gasteiger partial charge in [0.15, 0.2) is 0 Å². The van der Waals surface area contributed by atoms with E-state index in [1.54, 1.807) is 0 Å². The Labute approximate surface area is 77.5 Å². The van der Waals surface area contributed by atoms with Crippen LogP contribution < -0.4 is 0 Å². The van der Waals surface area contributed by atoms with Crippen molar-refractivity contribution in [2.75, 3.05) is 33.2 Å². The smallest absolute Gasteiger partial charge is 0.251 e. The Morgan fingerprint density at radius 3 is 2.38 bits per heavy atom. The van der Waals surface area contributed by atoms with Gasteiger partial charge in [-0.25, -0.2) is 8.78 Å². The molecule has 0 aromatic rings. The van der Waals surface area contributed by atoms with Crippen molar-refractivity contribution >= 4 is 0 Å². The fourth-order valence-corrected chi connectivity index (χ4v) is 2.56. The molecule has 0 unspecified atom stereocenters. The van der Waals surface area contributed by atoms with E-state index in [0.29, 0.717) is 0 Å². The van der Waals surface area contributed by atoms with E-state index in [0.717, 1.165) is 32.5 Å². The molecule has 0 aliphatic carbocycles. The van der Waals surface area contributed by atoms with Crippen LogP contribution >= 0.6 is 0 Å². The Morgan fingerprint density at radius 2 is 2.00 bits per heavy atom. The number of alkyl halides is 2. The van der Waals surface area contributed by atoms with Crippen LogP contribution in [0.4, 0.5) is 8.78 Å². The first-order valence-electron chi connectivity index (χ1n) is 4.84. The standard InChI is InChI=1S/C9H16F2N2/c1-12-4-2-9(7-12)3-5-13(9)6-8(10)11/h8H,2-7H2,1H3/t9-/m0/s1. The maximum absolute atomic E-state index is 12.2. The topological polar surface area (TPSA) is 6.48 Å². The molecule has 2 aliphatic heterocycles. The van der Waals surface area contributed by atoms with Gasteiger partial charge in [-0.15, -0.1) is 0 Å². The van der Waals surface area contributed by atoms with Crippen LogP contribution in [-0.4, -0.2) is 55.0 Å². The van der Waals surface area contributed by atoms with Gasteiger partial charge < -0.3 is 4.90 Å². The molecule has 0 amide bonds. The molecule has 0 bridgehead atoms. The van der Waals surface area contributed by atoms with E-state index < -0.39 is 6.43 Å². The summed E-state index contributed by atoms with van der Waals surface area (Å²) in [5.41, 5.74) is 0.116. The van der Waals surface area contributed by atoms with Gasteiger partial charge in [-0.1, -0.05) is 0 Å². The monoisotopic (exact) mass is 190 g/mol. The zero-order valence-electron chi connectivity index (χ0n) is 7.97. The normalized spacial score (nSPS) is 36.0. The average molecular weight is 190 g/mol. The highest BCUT2D eigenvalue weighted by Gasteiger charge is 2.48. The van der Waals surface area contributed by atoms with Gasteiger partial charge in [-0.2, -0.15) is 0 Å². The highest BCUT2D eigenvalue weighted by Crippen LogP contribution is 2.38. The molecule has 0 aromatic carbocycles. The highest BCUT2D eigenvalue weighted by atomic mass is 19.3. The molecule has 2 rings (SSSR count). The van der Waals surface area contributed by atoms with Gasteiger partial charge in [0.05, 0.1) is 6.54 Å². The van der Waals surface area contributed by atoms with Crippen LogP contribution in [0.1, 0.15) is 12.8 Å². The van der Waals surface area contributed by atoms with Crippen LogP contribution in [-0.2, 0) is 0 Å². The fourth-order valence-electron chi connectivity index (χ4n) is 2.56. The van der Waals surface area contributed by atoms with Gasteiger partial charge in [0.1, 0.15) is 0 Å². The molecule has 0 saturated carbocycles. The molecule has 2 saturated heterocycles. The lowest BCUT2D eigenvalue weighted by Crippen LogP contribution is -2.62. The van der Waals surface area contributed by atoms with Crippen LogP contribution in [0.2, 0.25) is 0 Å². The molecule has 0 N–H and O–H groups in total. The van der Waals surface area contributed by atoms with E-state index in [1.807, 2.05) is 4.90 Å². The SMILES string of the molecule is CN1CC[C@]2(CCN2CC(F)F)C1. The Morgan fingerprint density at radius 1 is 1.31 bits per heavy atom. The molecular formula is C9H16F2N2. The number of likely N-dealkylation sites (tertiary alicyclic amines) is 2. The lowest BCUT2D eigenvalue weighted by atomic mass is 9.84. The van der Waals surface area contributed by atoms with E-state index in [9.17, 15) is 8.78 Å². The third-order valence-corrected chi connectivity index (χ3v) is 3.40. The lowest BCUT2D eigenvalue weighted by Gasteiger charge is -2.50. The van der Waals surface area contributed by atoms with E-state index in [2.05, 4.69) is 11.9 Å². The second-order valence-corrected chi connectivity index (χ2v) is 4.30. The second kappa shape index (κ2) is 3.17. The minimum atomic E-state index is -2.18. The average Bonchev–Trinajstić information content (AvgIpc) is 2.44. The summed E-state index contributed by atoms with van der Waals surface area (Å²) in [5, 5.41) is 0. The number of hydrogen-bond donors (Lipinski definition) is 0. The zero-order valence-corrected chi connectivity index (χ0v) is 7.97. The summed E-state index contributed by atoms with van der Waals surface area (Å²) in [6.07, 6.45) is -0.0108. The van der Waals surface area contributed by atoms with E-state index in [4.69, 9.17) is 0 Å². The van der Waals surface area contributed by atoms with Crippen molar-refractivity contribution in [3.8, 4) is 0 Å². The third kappa shape index (κ3) is 1.57. The van der Waals surface area contributed by atoms with Gasteiger partial charge in [0.2, 0.25) is 0 Å². The van der Waals surface area contributed by atoms with Gasteiger partial charge in [-0.05, 0) is 26.4 Å². The highest BCUT2D eigenvalue weighted by molar-refractivity contribution is 5.05. The summed E-state index contributed by atoms with van der Waals surface area (Å²) in [7, 11) is 2.06. The van der Waals surface area contributed by atoms with Crippen molar-refractivity contribution in [3.05, 3.63) is 0 Å². The van der Waals surface area contributed by atoms with Gasteiger partial charge in [0, 0.05) is 18.6 Å². The van der Waals surface area contributed by atoms with E-state index in [-0.39, 0.29) is 12.1 Å². The summed E-state index contributed by atoms with van der Waals surface area (Å²) < 4.78 is 24.4. The quantitative estimate of drug-likeness (QED) is 0.641. The first-order chi connectivity index (χ1) is 6.12. The molecule has 13 heavy (non-hydrogen) atoms. The summed E-state index contributed by atoms with van der Waals surface area (Å²) in [6, 6.07) is 0. The van der Waals surface area contributed by atoms with Crippen molar-refractivity contribution in [1.82, 2.24) is 9.80 Å². The minimum absolute atomic E-state index is 0.0339. The molecule has 2 heterocycles. The predicted octanol–water partition coefficient (Wildman–Crippen LogP) is 1.03. The molecule has 1 spiro atoms. The van der Waals surface area contributed by atoms with Gasteiger partial charge in [-0.3, -0.25) is 4.90 Å². The maximum Gasteiger partial charge on any atom is 0.251 e. The van der Waals surface area contributed by atoms with Crippen molar-refractivity contribution in [1.29, 1.82) is 0 Å². The Balaban J connectivity index is 1.93. The predicted molar refractivity (Wildman–Crippen MR) is 47.0 cm³/mol. The van der Waals surface area contributed by atoms with Crippen molar-refractivity contribution in [3.63, 3.8) is 0 Å². The van der Waals surface area contributed by atoms with Gasteiger partial charge >= 0.3 is 0 Å². The molecule has 76 valence electrons. The molecule has 0 radical (unpaired) electrons. The molecule has 1 atom stereocenters. The number of nitrogens with zero attached hydrogens (tertiary/aromatic N) is 2. The molecule has 2 fully saturated rings. The minimum Gasteiger partial charge on any atom is -0.304 e. The lowest BCUT2D eigenvalue weighted by molar-refractivity contribution is -0.0452. The first kappa shape index (κ1) is 9.34. The number of hydrogen-bond acceptors (Lipinski definition) is 2. The first-order valence-corrected chi connectivity index (χ1v) is 4.84. The molecule has 2 aliphatic rings. The molecule has 4 heteroatoms. The van der Waals surface area contributed by atoms with Gasteiger partial charge in [0.25, 0.3) is 6.43 Å². The summed E-state index contributed by atoms with van der Waals surface area (Å²) in [5.74, 6) is 0. The molecule has 0 aromatic heterocycles. The second-order valence-electron chi connectivity index (χ2n) is 4.30. The summed E-state index contributed by atoms with van der Waals surface area (Å²) in [4.78, 5) is 4.19. The Hall–Kier alpha value is -0.220. The summed E-state index contributed by atoms with van der Waals surface area (Å²) in [6.45, 7) is 2.85. The molecular weight excluding hydrogens is 174 g/mol. The number of halogens is 2. The largest absolute Gasteiger partial charge is 0.304 e. The van der Waals surface area contributed by atoms with Crippen LogP contribution in [0.25, 0.3) is 0 Å². The number of likely N-dealkylation sites (N-methyl/N-ethyl adjacent to an activating group) is 1. The zero-order chi connectivity index (χ0) is 9.47. The third-order valence-electron chi connectivity index (χ3n) is 3.40. The van der Waals surface area contributed by atoms with E-state index >= 15 is 0 Å². The fraction of sp³-hybridized carbons (Fsp3) is 1.00. The Kier molecular flexibility index (Phi) is 2.28. The summed E-state index contributed by atoms with van der Waals surface area (Å²) >= 11 is 0. The van der Waals surface area contributed by atoms with Crippen LogP contribution in [0.15, 0.2) is 0 Å². The maximum atomic E-state index is 12.2. The van der Waals surface area contributed by atoms with Crippen LogP contribution in [0, 0.1) is 0 Å². The molecule has 2 nitrogen and oxygen atoms in total.